The molecule has 13 heavy (non-hydrogen) atoms. The average Bonchev–Trinajstić information content (AvgIpc) is 2.12. The summed E-state index contributed by atoms with van der Waals surface area (Å²) in [7, 11) is 0. The first-order valence-corrected chi connectivity index (χ1v) is 5.69. The van der Waals surface area contributed by atoms with Gasteiger partial charge in [-0.05, 0) is 24.2 Å². The van der Waals surface area contributed by atoms with Crippen LogP contribution >= 0.6 is 0 Å². The molecule has 0 aliphatic heterocycles. The van der Waals surface area contributed by atoms with Crippen LogP contribution in [0.15, 0.2) is 0 Å². The number of aliphatic hydroxyl groups is 1. The largest absolute Gasteiger partial charge is 0.396 e. The molecule has 0 aromatic rings. The number of hydrogen-bond acceptors (Lipinski definition) is 1. The number of unbranched alkanes of at least 4 members (excludes halogenated alkanes) is 1. The van der Waals surface area contributed by atoms with Crippen LogP contribution in [0.1, 0.15) is 59.8 Å². The maximum absolute atomic E-state index is 8.99. The summed E-state index contributed by atoms with van der Waals surface area (Å²) >= 11 is 0. The Labute approximate surface area is 83.5 Å². The van der Waals surface area contributed by atoms with Crippen molar-refractivity contribution < 1.29 is 5.11 Å². The summed E-state index contributed by atoms with van der Waals surface area (Å²) in [6, 6.07) is 0. The molecule has 0 heterocycles. The molecule has 0 aliphatic carbocycles. The van der Waals surface area contributed by atoms with Crippen LogP contribution in [0.4, 0.5) is 0 Å². The molecule has 0 saturated heterocycles. The molecule has 0 unspecified atom stereocenters. The Kier molecular flexibility index (Phi) is 6.40. The summed E-state index contributed by atoms with van der Waals surface area (Å²) in [4.78, 5) is 0. The second kappa shape index (κ2) is 6.42. The quantitative estimate of drug-likeness (QED) is 0.644. The fourth-order valence-electron chi connectivity index (χ4n) is 1.82. The molecule has 0 saturated carbocycles. The maximum Gasteiger partial charge on any atom is 0.0433 e. The van der Waals surface area contributed by atoms with Gasteiger partial charge in [-0.2, -0.15) is 0 Å². The lowest BCUT2D eigenvalue weighted by Crippen LogP contribution is -2.24. The van der Waals surface area contributed by atoms with Crippen LogP contribution < -0.4 is 0 Å². The highest BCUT2D eigenvalue weighted by Crippen LogP contribution is 2.36. The van der Waals surface area contributed by atoms with E-state index in [0.717, 1.165) is 6.42 Å². The molecular formula is C12H26O. The van der Waals surface area contributed by atoms with Crippen molar-refractivity contribution in [1.82, 2.24) is 0 Å². The van der Waals surface area contributed by atoms with Gasteiger partial charge in [-0.15, -0.1) is 0 Å². The van der Waals surface area contributed by atoms with Crippen LogP contribution in [0.25, 0.3) is 0 Å². The maximum atomic E-state index is 8.99. The van der Waals surface area contributed by atoms with Gasteiger partial charge in [0.2, 0.25) is 0 Å². The fraction of sp³-hybridized carbons (Fsp3) is 1.00. The smallest absolute Gasteiger partial charge is 0.0433 e. The van der Waals surface area contributed by atoms with Gasteiger partial charge in [0.15, 0.2) is 0 Å². The van der Waals surface area contributed by atoms with Gasteiger partial charge < -0.3 is 5.11 Å². The van der Waals surface area contributed by atoms with Gasteiger partial charge in [-0.3, -0.25) is 0 Å². The van der Waals surface area contributed by atoms with Crippen LogP contribution in [0.2, 0.25) is 0 Å². The molecule has 0 bridgehead atoms. The van der Waals surface area contributed by atoms with Crippen molar-refractivity contribution in [3.63, 3.8) is 0 Å². The lowest BCUT2D eigenvalue weighted by atomic mass is 9.73. The van der Waals surface area contributed by atoms with Gasteiger partial charge in [-0.25, -0.2) is 0 Å². The zero-order valence-corrected chi connectivity index (χ0v) is 9.77. The Morgan fingerprint density at radius 3 is 2.15 bits per heavy atom. The highest BCUT2D eigenvalue weighted by atomic mass is 16.3. The zero-order valence-electron chi connectivity index (χ0n) is 9.77. The molecule has 1 N–H and O–H groups in total. The van der Waals surface area contributed by atoms with Crippen LogP contribution in [0.3, 0.4) is 0 Å². The van der Waals surface area contributed by atoms with E-state index in [1.165, 1.54) is 25.7 Å². The van der Waals surface area contributed by atoms with Gasteiger partial charge in [0.25, 0.3) is 0 Å². The predicted octanol–water partition coefficient (Wildman–Crippen LogP) is 3.61. The van der Waals surface area contributed by atoms with Crippen LogP contribution in [-0.2, 0) is 0 Å². The molecule has 0 fully saturated rings. The number of rotatable bonds is 7. The van der Waals surface area contributed by atoms with Crippen molar-refractivity contribution in [2.45, 2.75) is 59.8 Å². The third-order valence-electron chi connectivity index (χ3n) is 3.40. The van der Waals surface area contributed by atoms with Crippen LogP contribution in [0.5, 0.6) is 0 Å². The third kappa shape index (κ3) is 4.66. The molecule has 1 atom stereocenters. The van der Waals surface area contributed by atoms with Crippen molar-refractivity contribution in [3.05, 3.63) is 0 Å². The average molecular weight is 186 g/mol. The highest BCUT2D eigenvalue weighted by molar-refractivity contribution is 4.76. The van der Waals surface area contributed by atoms with E-state index in [1.54, 1.807) is 0 Å². The second-order valence-electron chi connectivity index (χ2n) is 4.69. The van der Waals surface area contributed by atoms with Gasteiger partial charge in [0, 0.05) is 6.61 Å². The molecule has 0 aromatic carbocycles. The SMILES string of the molecule is CCCC[C@@H](CCO)C(C)(C)CC. The topological polar surface area (TPSA) is 20.2 Å². The summed E-state index contributed by atoms with van der Waals surface area (Å²) in [5, 5.41) is 8.99. The molecule has 0 amide bonds. The van der Waals surface area contributed by atoms with Crippen molar-refractivity contribution in [2.24, 2.45) is 11.3 Å². The summed E-state index contributed by atoms with van der Waals surface area (Å²) in [6.45, 7) is 9.47. The second-order valence-corrected chi connectivity index (χ2v) is 4.69. The summed E-state index contributed by atoms with van der Waals surface area (Å²) < 4.78 is 0. The van der Waals surface area contributed by atoms with Crippen LogP contribution in [-0.4, -0.2) is 11.7 Å². The van der Waals surface area contributed by atoms with E-state index in [2.05, 4.69) is 27.7 Å². The summed E-state index contributed by atoms with van der Waals surface area (Å²) in [6.07, 6.45) is 6.02. The van der Waals surface area contributed by atoms with E-state index in [0.29, 0.717) is 17.9 Å². The standard InChI is InChI=1S/C12H26O/c1-5-7-8-11(9-10-13)12(3,4)6-2/h11,13H,5-10H2,1-4H3/t11-/m0/s1. The number of aliphatic hydroxyl groups excluding tert-OH is 1. The Morgan fingerprint density at radius 1 is 1.15 bits per heavy atom. The first kappa shape index (κ1) is 13.0. The van der Waals surface area contributed by atoms with Gasteiger partial charge in [-0.1, -0.05) is 47.0 Å². The van der Waals surface area contributed by atoms with Crippen molar-refractivity contribution in [2.75, 3.05) is 6.61 Å². The summed E-state index contributed by atoms with van der Waals surface area (Å²) in [5.74, 6) is 0.697. The lowest BCUT2D eigenvalue weighted by molar-refractivity contribution is 0.141. The van der Waals surface area contributed by atoms with Gasteiger partial charge in [0.1, 0.15) is 0 Å². The minimum atomic E-state index is 0.345. The molecule has 0 aromatic heterocycles. The van der Waals surface area contributed by atoms with Gasteiger partial charge >= 0.3 is 0 Å². The minimum Gasteiger partial charge on any atom is -0.396 e. The Bertz CT molecular complexity index is 118. The van der Waals surface area contributed by atoms with E-state index in [4.69, 9.17) is 5.11 Å². The lowest BCUT2D eigenvalue weighted by Gasteiger charge is -2.33. The minimum absolute atomic E-state index is 0.345. The molecule has 80 valence electrons. The Balaban J connectivity index is 4.05. The third-order valence-corrected chi connectivity index (χ3v) is 3.40. The van der Waals surface area contributed by atoms with Crippen LogP contribution in [0, 0.1) is 11.3 Å². The van der Waals surface area contributed by atoms with E-state index in [1.807, 2.05) is 0 Å². The predicted molar refractivity (Wildman–Crippen MR) is 58.8 cm³/mol. The van der Waals surface area contributed by atoms with Crippen molar-refractivity contribution in [3.8, 4) is 0 Å². The molecule has 0 spiro atoms. The Hall–Kier alpha value is -0.0400. The first-order chi connectivity index (χ1) is 6.08. The fourth-order valence-corrected chi connectivity index (χ4v) is 1.82. The van der Waals surface area contributed by atoms with E-state index in [-0.39, 0.29) is 0 Å². The first-order valence-electron chi connectivity index (χ1n) is 5.69. The molecule has 0 aliphatic rings. The normalized spacial score (nSPS) is 14.5. The van der Waals surface area contributed by atoms with E-state index >= 15 is 0 Å². The highest BCUT2D eigenvalue weighted by Gasteiger charge is 2.26. The Morgan fingerprint density at radius 2 is 1.77 bits per heavy atom. The monoisotopic (exact) mass is 186 g/mol. The van der Waals surface area contributed by atoms with Crippen molar-refractivity contribution >= 4 is 0 Å². The van der Waals surface area contributed by atoms with Crippen molar-refractivity contribution in [1.29, 1.82) is 0 Å². The molecule has 1 nitrogen and oxygen atoms in total. The molecule has 0 rings (SSSR count). The molecule has 0 radical (unpaired) electrons. The number of hydrogen-bond donors (Lipinski definition) is 1. The zero-order chi connectivity index (χ0) is 10.3. The van der Waals surface area contributed by atoms with E-state index in [9.17, 15) is 0 Å². The van der Waals surface area contributed by atoms with Gasteiger partial charge in [0.05, 0.1) is 0 Å². The summed E-state index contributed by atoms with van der Waals surface area (Å²) in [5.41, 5.74) is 0.401. The molecular weight excluding hydrogens is 160 g/mol. The van der Waals surface area contributed by atoms with E-state index < -0.39 is 0 Å². The molecule has 1 heteroatoms.